The van der Waals surface area contributed by atoms with Gasteiger partial charge in [-0.15, -0.1) is 24.3 Å². The van der Waals surface area contributed by atoms with E-state index in [1.165, 1.54) is 68.1 Å². The van der Waals surface area contributed by atoms with Crippen LogP contribution in [0.25, 0.3) is 0 Å². The quantitative estimate of drug-likeness (QED) is 0.114. The number of rotatable bonds is 9. The third-order valence-corrected chi connectivity index (χ3v) is 17.3. The van der Waals surface area contributed by atoms with Gasteiger partial charge in [-0.05, 0) is 112 Å². The van der Waals surface area contributed by atoms with Crippen molar-refractivity contribution >= 4 is 43.0 Å². The Bertz CT molecular complexity index is 1820. The predicted octanol–water partition coefficient (Wildman–Crippen LogP) is 13.0. The zero-order valence-corrected chi connectivity index (χ0v) is 44.0. The molecule has 5 aromatic rings. The van der Waals surface area contributed by atoms with Gasteiger partial charge in [0.25, 0.3) is 5.97 Å². The standard InChI is InChI=1S/C45H62P2.C7H5O3.C3H6.Ir/c1-32(46(38-23-15-34(16-24-38)42(3,4)5)39-25-17-35(18-26-39)43(6,7)8)31-33(2)47(40-27-19-36(20-28-40)44(9,10)11)41-29-21-37(22-30-41)45(12,13)14;8-6-4-2-1-3-5(6)7(9)10;1-3-2;/h15-30,32-33H,31H2,1-14H3;1-2,4,8H,(H,9,10);1-3H2;/q;-1;-2;+3/p+2. The van der Waals surface area contributed by atoms with Crippen molar-refractivity contribution in [2.45, 2.75) is 143 Å². The van der Waals surface area contributed by atoms with Gasteiger partial charge in [0, 0.05) is 12.2 Å². The molecule has 0 bridgehead atoms. The van der Waals surface area contributed by atoms with E-state index in [2.05, 4.69) is 214 Å². The maximum atomic E-state index is 10.2. The predicted molar refractivity (Wildman–Crippen MR) is 269 cm³/mol. The van der Waals surface area contributed by atoms with Crippen molar-refractivity contribution in [1.29, 1.82) is 0 Å². The van der Waals surface area contributed by atoms with Crippen molar-refractivity contribution in [1.82, 2.24) is 0 Å². The Balaban J connectivity index is 0.000000786. The minimum absolute atomic E-state index is 0. The zero-order valence-electron chi connectivity index (χ0n) is 39.6. The van der Waals surface area contributed by atoms with Crippen LogP contribution < -0.4 is 21.2 Å². The van der Waals surface area contributed by atoms with Gasteiger partial charge in [-0.3, -0.25) is 0 Å². The van der Waals surface area contributed by atoms with E-state index in [9.17, 15) is 4.79 Å². The van der Waals surface area contributed by atoms with Gasteiger partial charge in [0.15, 0.2) is 0 Å². The average Bonchev–Trinajstić information content (AvgIpc) is 3.15. The summed E-state index contributed by atoms with van der Waals surface area (Å²) in [5.74, 6) is -1.42. The van der Waals surface area contributed by atoms with Gasteiger partial charge in [-0.25, -0.2) is 0 Å². The Morgan fingerprint density at radius 1 is 0.541 bits per heavy atom. The number of hydrogen-bond acceptors (Lipinski definition) is 2. The summed E-state index contributed by atoms with van der Waals surface area (Å²) >= 11 is 0. The van der Waals surface area contributed by atoms with Crippen LogP contribution >= 0.6 is 15.8 Å². The van der Waals surface area contributed by atoms with Gasteiger partial charge in [0.1, 0.15) is 0 Å². The second-order valence-corrected chi connectivity index (χ2v) is 26.2. The Labute approximate surface area is 387 Å². The summed E-state index contributed by atoms with van der Waals surface area (Å²) < 4.78 is 0. The number of aromatic hydroxyl groups is 1. The molecule has 3 nitrogen and oxygen atoms in total. The molecule has 2 atom stereocenters. The van der Waals surface area contributed by atoms with Crippen LogP contribution in [-0.4, -0.2) is 27.5 Å². The van der Waals surface area contributed by atoms with E-state index in [4.69, 9.17) is 10.2 Å². The Morgan fingerprint density at radius 2 is 0.787 bits per heavy atom. The van der Waals surface area contributed by atoms with E-state index in [0.717, 1.165) is 6.42 Å². The van der Waals surface area contributed by atoms with Crippen LogP contribution in [0.4, 0.5) is 0 Å². The Morgan fingerprint density at radius 3 is 0.967 bits per heavy atom. The van der Waals surface area contributed by atoms with E-state index in [-0.39, 0.29) is 53.1 Å². The smallest absolute Gasteiger partial charge is 0.551 e. The van der Waals surface area contributed by atoms with Crippen molar-refractivity contribution in [2.24, 2.45) is 0 Å². The maximum Gasteiger partial charge on any atom is 3.00 e. The summed E-state index contributed by atoms with van der Waals surface area (Å²) in [7, 11) is -2.05. The molecular formula is C55H75IrO3P2+2. The first-order valence-electron chi connectivity index (χ1n) is 21.5. The first-order chi connectivity index (χ1) is 27.8. The largest absolute Gasteiger partial charge is 3.00 e. The molecular weight excluding hydrogens is 963 g/mol. The van der Waals surface area contributed by atoms with Crippen molar-refractivity contribution in [3.63, 3.8) is 0 Å². The molecule has 0 aromatic heterocycles. The van der Waals surface area contributed by atoms with Gasteiger partial charge in [-0.2, -0.15) is 0 Å². The fraction of sp³-hybridized carbons (Fsp3) is 0.400. The van der Waals surface area contributed by atoms with Gasteiger partial charge in [0.2, 0.25) is 0 Å². The summed E-state index contributed by atoms with van der Waals surface area (Å²) in [5.41, 5.74) is 7.24. The molecule has 0 fully saturated rings. The molecule has 0 aliphatic rings. The number of carboxylic acid groups (broad SMARTS) is 1. The normalized spacial score (nSPS) is 13.0. The molecule has 2 unspecified atom stereocenters. The molecule has 0 spiro atoms. The first kappa shape index (κ1) is 54.0. The summed E-state index contributed by atoms with van der Waals surface area (Å²) in [6, 6.07) is 45.4. The third kappa shape index (κ3) is 15.9. The molecule has 0 amide bonds. The van der Waals surface area contributed by atoms with Crippen LogP contribution in [0.1, 0.15) is 142 Å². The molecule has 0 aliphatic heterocycles. The molecule has 0 radical (unpaired) electrons. The van der Waals surface area contributed by atoms with Crippen LogP contribution in [0.2, 0.25) is 0 Å². The molecule has 0 saturated carbocycles. The number of benzene rings is 5. The molecule has 330 valence electrons. The van der Waals surface area contributed by atoms with Gasteiger partial charge in [-0.1, -0.05) is 132 Å². The van der Waals surface area contributed by atoms with E-state index in [1.54, 1.807) is 0 Å². The van der Waals surface area contributed by atoms with Crippen molar-refractivity contribution in [3.8, 4) is 5.75 Å². The van der Waals surface area contributed by atoms with E-state index in [1.807, 2.05) is 0 Å². The van der Waals surface area contributed by atoms with Crippen molar-refractivity contribution in [2.75, 3.05) is 0 Å². The molecule has 5 aromatic carbocycles. The van der Waals surface area contributed by atoms with E-state index < -0.39 is 21.8 Å². The van der Waals surface area contributed by atoms with Crippen LogP contribution in [0.5, 0.6) is 5.75 Å². The molecule has 0 aliphatic carbocycles. The Hall–Kier alpha value is -3.12. The summed E-state index contributed by atoms with van der Waals surface area (Å²) in [4.78, 5) is 10.2. The van der Waals surface area contributed by atoms with Gasteiger partial charge < -0.3 is 35.3 Å². The monoisotopic (exact) mass is 1040 g/mol. The second kappa shape index (κ2) is 23.0. The fourth-order valence-electron chi connectivity index (χ4n) is 7.44. The van der Waals surface area contributed by atoms with Crippen LogP contribution in [-0.2, 0) is 41.8 Å². The minimum Gasteiger partial charge on any atom is -0.551 e. The molecule has 5 rings (SSSR count). The molecule has 2 N–H and O–H groups in total. The zero-order chi connectivity index (χ0) is 45.2. The molecule has 0 saturated heterocycles. The van der Waals surface area contributed by atoms with Gasteiger partial charge >= 0.3 is 20.1 Å². The van der Waals surface area contributed by atoms with Crippen molar-refractivity contribution < 1.29 is 35.1 Å². The number of hydrogen-bond donors (Lipinski definition) is 2. The summed E-state index contributed by atoms with van der Waals surface area (Å²) in [6.07, 6.45) is 1.96. The maximum absolute atomic E-state index is 10.2. The number of carboxylic acids is 1. The number of carbonyl (C=O) groups is 1. The van der Waals surface area contributed by atoms with Crippen LogP contribution in [0.3, 0.4) is 0 Å². The first-order valence-corrected chi connectivity index (χ1v) is 24.6. The van der Waals surface area contributed by atoms with Crippen molar-refractivity contribution in [3.05, 3.63) is 163 Å². The summed E-state index contributed by atoms with van der Waals surface area (Å²) in [5, 5.41) is 23.4. The summed E-state index contributed by atoms with van der Waals surface area (Å²) in [6.45, 7) is 39.6. The number of aromatic carboxylic acids is 1. The van der Waals surface area contributed by atoms with E-state index >= 15 is 0 Å². The van der Waals surface area contributed by atoms with E-state index in [0.29, 0.717) is 11.3 Å². The second-order valence-electron chi connectivity index (χ2n) is 20.3. The topological polar surface area (TPSA) is 57.5 Å². The fourth-order valence-corrected chi connectivity index (χ4v) is 13.9. The SMILES string of the molecule is CC(CC(C)[PH+](c1ccc(C(C)(C)C)cc1)c1ccc(C(C)(C)C)cc1)[PH+](c1ccc(C(C)(C)C)cc1)c1ccc(C(C)(C)C)cc1.O=C(O)c1[c-]cccc1O.[CH2-]C[CH2-].[Ir+3]. The molecule has 0 heterocycles. The molecule has 61 heavy (non-hydrogen) atoms. The average molecular weight is 1040 g/mol. The minimum atomic E-state index is -1.17. The van der Waals surface area contributed by atoms with Crippen LogP contribution in [0.15, 0.2) is 115 Å². The molecule has 6 heteroatoms. The Kier molecular flexibility index (Phi) is 20.4. The number of phenols is 1. The van der Waals surface area contributed by atoms with Gasteiger partial charge in [0.05, 0.1) is 48.4 Å². The van der Waals surface area contributed by atoms with Crippen LogP contribution in [0, 0.1) is 19.9 Å². The third-order valence-electron chi connectivity index (χ3n) is 11.0.